The van der Waals surface area contributed by atoms with Gasteiger partial charge < -0.3 is 64.2 Å². The van der Waals surface area contributed by atoms with Gasteiger partial charge in [-0.1, -0.05) is 210 Å². The molecular formula is C59H106O14. The van der Waals surface area contributed by atoms with Gasteiger partial charge in [0.15, 0.2) is 12.6 Å². The van der Waals surface area contributed by atoms with Crippen molar-refractivity contribution >= 4 is 5.97 Å². The highest BCUT2D eigenvalue weighted by molar-refractivity contribution is 5.69. The molecule has 14 heteroatoms. The summed E-state index contributed by atoms with van der Waals surface area (Å²) in [5, 5.41) is 72.3. The molecule has 2 saturated heterocycles. The Balaban J connectivity index is 1.69. The zero-order valence-corrected chi connectivity index (χ0v) is 45.6. The monoisotopic (exact) mass is 1040 g/mol. The van der Waals surface area contributed by atoms with Gasteiger partial charge in [-0.3, -0.25) is 4.79 Å². The van der Waals surface area contributed by atoms with Crippen LogP contribution in [0.15, 0.2) is 48.6 Å². The molecule has 0 radical (unpaired) electrons. The highest BCUT2D eigenvalue weighted by Crippen LogP contribution is 2.27. The fraction of sp³-hybridized carbons (Fsp3) is 0.847. The number of esters is 1. The van der Waals surface area contributed by atoms with E-state index in [4.69, 9.17) is 28.4 Å². The molecular weight excluding hydrogens is 933 g/mol. The number of carbonyl (C=O) groups excluding carboxylic acids is 1. The first-order valence-corrected chi connectivity index (χ1v) is 29.2. The van der Waals surface area contributed by atoms with Crippen LogP contribution < -0.4 is 0 Å². The van der Waals surface area contributed by atoms with Gasteiger partial charge in [-0.25, -0.2) is 0 Å². The maximum atomic E-state index is 13.0. The molecule has 0 amide bonds. The van der Waals surface area contributed by atoms with Crippen molar-refractivity contribution in [1.82, 2.24) is 0 Å². The van der Waals surface area contributed by atoms with E-state index >= 15 is 0 Å². The number of allylic oxidation sites excluding steroid dienone is 8. The van der Waals surface area contributed by atoms with Crippen molar-refractivity contribution < 1.29 is 69.0 Å². The number of aliphatic hydroxyl groups is 7. The Labute approximate surface area is 442 Å². The highest BCUT2D eigenvalue weighted by atomic mass is 16.7. The van der Waals surface area contributed by atoms with Crippen LogP contribution >= 0.6 is 0 Å². The number of ether oxygens (including phenoxy) is 6. The first-order chi connectivity index (χ1) is 35.6. The summed E-state index contributed by atoms with van der Waals surface area (Å²) in [6.45, 7) is 3.55. The predicted molar refractivity (Wildman–Crippen MR) is 289 cm³/mol. The smallest absolute Gasteiger partial charge is 0.306 e. The molecule has 0 spiro atoms. The fourth-order valence-electron chi connectivity index (χ4n) is 9.16. The molecule has 2 aliphatic heterocycles. The lowest BCUT2D eigenvalue weighted by Gasteiger charge is -2.42. The van der Waals surface area contributed by atoms with E-state index in [2.05, 4.69) is 62.5 Å². The average molecular weight is 1040 g/mol. The van der Waals surface area contributed by atoms with Crippen LogP contribution in [0.1, 0.15) is 219 Å². The van der Waals surface area contributed by atoms with Crippen LogP contribution in [0.3, 0.4) is 0 Å². The van der Waals surface area contributed by atoms with E-state index in [0.717, 1.165) is 57.8 Å². The van der Waals surface area contributed by atoms with Crippen LogP contribution in [0.2, 0.25) is 0 Å². The summed E-state index contributed by atoms with van der Waals surface area (Å²) in [5.74, 6) is -0.413. The van der Waals surface area contributed by atoms with Gasteiger partial charge in [-0.05, 0) is 51.4 Å². The third-order valence-corrected chi connectivity index (χ3v) is 13.9. The minimum Gasteiger partial charge on any atom is -0.457 e. The molecule has 11 unspecified atom stereocenters. The number of unbranched alkanes of at least 4 members (excludes halogenated alkanes) is 25. The number of hydrogen-bond acceptors (Lipinski definition) is 14. The van der Waals surface area contributed by atoms with Gasteiger partial charge in [-0.2, -0.15) is 0 Å². The number of carbonyl (C=O) groups is 1. The summed E-state index contributed by atoms with van der Waals surface area (Å²) in [6, 6.07) is 0. The Bertz CT molecular complexity index is 1390. The minimum absolute atomic E-state index is 0.0463. The van der Waals surface area contributed by atoms with Crippen molar-refractivity contribution in [3.63, 3.8) is 0 Å². The molecule has 426 valence electrons. The Morgan fingerprint density at radius 3 is 1.37 bits per heavy atom. The van der Waals surface area contributed by atoms with Crippen molar-refractivity contribution in [2.24, 2.45) is 0 Å². The second kappa shape index (κ2) is 46.1. The molecule has 0 aromatic heterocycles. The molecule has 0 saturated carbocycles. The van der Waals surface area contributed by atoms with Gasteiger partial charge in [0.05, 0.1) is 26.4 Å². The van der Waals surface area contributed by atoms with Crippen LogP contribution in [-0.4, -0.2) is 142 Å². The summed E-state index contributed by atoms with van der Waals surface area (Å²) < 4.78 is 34.3. The lowest BCUT2D eigenvalue weighted by atomic mass is 9.98. The summed E-state index contributed by atoms with van der Waals surface area (Å²) >= 11 is 0. The van der Waals surface area contributed by atoms with E-state index in [1.54, 1.807) is 0 Å². The third kappa shape index (κ3) is 33.0. The van der Waals surface area contributed by atoms with E-state index in [0.29, 0.717) is 13.0 Å². The largest absolute Gasteiger partial charge is 0.457 e. The van der Waals surface area contributed by atoms with E-state index in [-0.39, 0.29) is 19.6 Å². The van der Waals surface area contributed by atoms with E-state index in [1.165, 1.54) is 135 Å². The summed E-state index contributed by atoms with van der Waals surface area (Å²) in [4.78, 5) is 13.0. The molecule has 2 aliphatic rings. The molecule has 0 aliphatic carbocycles. The zero-order chi connectivity index (χ0) is 53.0. The normalized spacial score (nSPS) is 25.3. The van der Waals surface area contributed by atoms with Crippen LogP contribution in [0, 0.1) is 0 Å². The molecule has 2 rings (SSSR count). The van der Waals surface area contributed by atoms with Crippen molar-refractivity contribution in [2.45, 2.75) is 287 Å². The summed E-state index contributed by atoms with van der Waals surface area (Å²) in [6.07, 6.45) is 39.1. The van der Waals surface area contributed by atoms with Gasteiger partial charge >= 0.3 is 5.97 Å². The Kier molecular flexibility index (Phi) is 42.3. The Morgan fingerprint density at radius 2 is 0.890 bits per heavy atom. The minimum atomic E-state index is -1.71. The van der Waals surface area contributed by atoms with Gasteiger partial charge in [0.1, 0.15) is 54.9 Å². The Morgan fingerprint density at radius 1 is 0.466 bits per heavy atom. The molecule has 14 nitrogen and oxygen atoms in total. The van der Waals surface area contributed by atoms with Gasteiger partial charge in [0, 0.05) is 13.0 Å². The molecule has 11 atom stereocenters. The Hall–Kier alpha value is -2.05. The summed E-state index contributed by atoms with van der Waals surface area (Å²) in [7, 11) is 0. The maximum absolute atomic E-state index is 13.0. The van der Waals surface area contributed by atoms with Gasteiger partial charge in [0.25, 0.3) is 0 Å². The van der Waals surface area contributed by atoms with Crippen molar-refractivity contribution in [3.05, 3.63) is 48.6 Å². The van der Waals surface area contributed by atoms with Crippen LogP contribution in [0.4, 0.5) is 0 Å². The van der Waals surface area contributed by atoms with Crippen molar-refractivity contribution in [3.8, 4) is 0 Å². The lowest BCUT2D eigenvalue weighted by Crippen LogP contribution is -2.61. The first-order valence-electron chi connectivity index (χ1n) is 29.2. The first kappa shape index (κ1) is 67.1. The predicted octanol–water partition coefficient (Wildman–Crippen LogP) is 10.3. The van der Waals surface area contributed by atoms with Gasteiger partial charge in [-0.15, -0.1) is 0 Å². The summed E-state index contributed by atoms with van der Waals surface area (Å²) in [5.41, 5.74) is 0. The van der Waals surface area contributed by atoms with E-state index in [9.17, 15) is 40.5 Å². The number of hydrogen-bond donors (Lipinski definition) is 7. The maximum Gasteiger partial charge on any atom is 0.306 e. The molecule has 7 N–H and O–H groups in total. The standard InChI is InChI=1S/C59H106O14/c1-3-5-7-9-11-13-15-17-19-20-21-22-23-24-25-26-27-29-31-33-35-37-39-41-43-68-45-48(71-51(61)42-40-38-36-34-32-30-28-18-16-14-12-10-8-6-4-2)46-69-58-57(67)55(65)53(63)50(73-58)47-70-59-56(66)54(64)52(62)49(44-60)72-59/h6,8,12,14,18,28,32,34,48-50,52-60,62-67H,3-5,7,9-11,13,15-17,19-27,29-31,33,35-47H2,1-2H3/b8-6-,14-12-,28-18-,34-32-. The highest BCUT2D eigenvalue weighted by Gasteiger charge is 2.47. The lowest BCUT2D eigenvalue weighted by molar-refractivity contribution is -0.332. The second-order valence-electron chi connectivity index (χ2n) is 20.4. The van der Waals surface area contributed by atoms with Crippen LogP contribution in [0.5, 0.6) is 0 Å². The van der Waals surface area contributed by atoms with Crippen LogP contribution in [0.25, 0.3) is 0 Å². The number of aliphatic hydroxyl groups excluding tert-OH is 7. The average Bonchev–Trinajstić information content (AvgIpc) is 3.39. The molecule has 0 aromatic carbocycles. The molecule has 73 heavy (non-hydrogen) atoms. The van der Waals surface area contributed by atoms with Crippen LogP contribution in [-0.2, 0) is 33.2 Å². The van der Waals surface area contributed by atoms with Crippen molar-refractivity contribution in [1.29, 1.82) is 0 Å². The number of rotatable bonds is 47. The third-order valence-electron chi connectivity index (χ3n) is 13.9. The molecule has 0 aromatic rings. The fourth-order valence-corrected chi connectivity index (χ4v) is 9.16. The van der Waals surface area contributed by atoms with Gasteiger partial charge in [0.2, 0.25) is 0 Å². The molecule has 2 fully saturated rings. The van der Waals surface area contributed by atoms with E-state index < -0.39 is 86.7 Å². The quantitative estimate of drug-likeness (QED) is 0.0172. The molecule has 2 heterocycles. The zero-order valence-electron chi connectivity index (χ0n) is 45.6. The second-order valence-corrected chi connectivity index (χ2v) is 20.4. The topological polar surface area (TPSA) is 214 Å². The SMILES string of the molecule is CC/C=C\C/C=C\C/C=C\C/C=C\CCCCC(=O)OC(COCCCCCCCCCCCCCCCCCCCCCCCCCC)COC1OC(COC2OC(CO)C(O)C(O)C2O)C(O)C(O)C1O. The molecule has 0 bridgehead atoms. The van der Waals surface area contributed by atoms with E-state index in [1.807, 2.05) is 0 Å². The van der Waals surface area contributed by atoms with Crippen molar-refractivity contribution in [2.75, 3.05) is 33.0 Å².